The van der Waals surface area contributed by atoms with E-state index in [4.69, 9.17) is 5.73 Å². The number of halogens is 3. The molecular weight excluding hydrogens is 356 g/mol. The van der Waals surface area contributed by atoms with Crippen molar-refractivity contribution in [3.63, 3.8) is 0 Å². The van der Waals surface area contributed by atoms with Gasteiger partial charge in [-0.1, -0.05) is 15.9 Å². The number of fused-ring (bicyclic) bond motifs is 1. The molecule has 2 N–H and O–H groups in total. The average Bonchev–Trinajstić information content (AvgIpc) is 2.86. The Hall–Kier alpha value is -1.30. The van der Waals surface area contributed by atoms with Crippen molar-refractivity contribution in [1.82, 2.24) is 0 Å². The quantitative estimate of drug-likeness (QED) is 0.677. The second-order valence-electron chi connectivity index (χ2n) is 4.88. The van der Waals surface area contributed by atoms with Gasteiger partial charge in [0.2, 0.25) is 0 Å². The van der Waals surface area contributed by atoms with Crippen LogP contribution in [-0.2, 0) is 6.42 Å². The first-order valence-electron chi connectivity index (χ1n) is 6.41. The minimum absolute atomic E-state index is 0.263. The Morgan fingerprint density at radius 3 is 2.71 bits per heavy atom. The van der Waals surface area contributed by atoms with Gasteiger partial charge >= 0.3 is 0 Å². The van der Waals surface area contributed by atoms with Crippen LogP contribution in [0.2, 0.25) is 0 Å². The molecule has 0 saturated heterocycles. The molecule has 0 bridgehead atoms. The first-order chi connectivity index (χ1) is 10.0. The monoisotopic (exact) mass is 367 g/mol. The van der Waals surface area contributed by atoms with Crippen molar-refractivity contribution in [1.29, 1.82) is 0 Å². The molecule has 3 aromatic rings. The molecule has 0 spiro atoms. The Labute approximate surface area is 133 Å². The van der Waals surface area contributed by atoms with E-state index >= 15 is 0 Å². The van der Waals surface area contributed by atoms with E-state index in [1.807, 2.05) is 6.07 Å². The number of rotatable bonds is 3. The molecule has 5 heteroatoms. The first-order valence-corrected chi connectivity index (χ1v) is 8.02. The van der Waals surface area contributed by atoms with Crippen molar-refractivity contribution >= 4 is 37.4 Å². The molecule has 21 heavy (non-hydrogen) atoms. The van der Waals surface area contributed by atoms with E-state index in [2.05, 4.69) is 15.9 Å². The van der Waals surface area contributed by atoms with Crippen LogP contribution in [0.5, 0.6) is 0 Å². The largest absolute Gasteiger partial charge is 0.323 e. The second-order valence-corrected chi connectivity index (χ2v) is 6.91. The first kappa shape index (κ1) is 14.6. The van der Waals surface area contributed by atoms with Crippen LogP contribution in [0.3, 0.4) is 0 Å². The van der Waals surface area contributed by atoms with Gasteiger partial charge in [-0.05, 0) is 59.8 Å². The van der Waals surface area contributed by atoms with E-state index in [-0.39, 0.29) is 17.7 Å². The van der Waals surface area contributed by atoms with E-state index in [1.54, 1.807) is 18.2 Å². The predicted octanol–water partition coefficient (Wildman–Crippen LogP) is 5.18. The Balaban J connectivity index is 1.89. The Morgan fingerprint density at radius 1 is 1.10 bits per heavy atom. The van der Waals surface area contributed by atoms with Crippen molar-refractivity contribution in [2.45, 2.75) is 12.5 Å². The van der Waals surface area contributed by atoms with E-state index in [0.717, 1.165) is 19.4 Å². The highest BCUT2D eigenvalue weighted by atomic mass is 79.9. The Morgan fingerprint density at radius 2 is 1.90 bits per heavy atom. The molecule has 1 nitrogen and oxygen atoms in total. The molecule has 0 fully saturated rings. The number of hydrogen-bond donors (Lipinski definition) is 1. The third-order valence-electron chi connectivity index (χ3n) is 3.31. The molecule has 2 aromatic carbocycles. The van der Waals surface area contributed by atoms with Gasteiger partial charge in [-0.15, -0.1) is 11.3 Å². The van der Waals surface area contributed by atoms with Gasteiger partial charge in [-0.25, -0.2) is 8.78 Å². The van der Waals surface area contributed by atoms with Crippen LogP contribution in [0.4, 0.5) is 8.78 Å². The molecule has 0 saturated carbocycles. The minimum atomic E-state index is -0.311. The fourth-order valence-corrected chi connectivity index (χ4v) is 3.71. The van der Waals surface area contributed by atoms with E-state index < -0.39 is 0 Å². The maximum absolute atomic E-state index is 13.8. The highest BCUT2D eigenvalue weighted by molar-refractivity contribution is 9.10. The summed E-state index contributed by atoms with van der Waals surface area (Å²) in [6, 6.07) is 11.1. The fourth-order valence-electron chi connectivity index (χ4n) is 2.25. The predicted molar refractivity (Wildman–Crippen MR) is 86.5 cm³/mol. The van der Waals surface area contributed by atoms with E-state index in [0.29, 0.717) is 12.0 Å². The van der Waals surface area contributed by atoms with Crippen molar-refractivity contribution in [3.8, 4) is 0 Å². The van der Waals surface area contributed by atoms with E-state index in [1.165, 1.54) is 29.5 Å². The molecule has 108 valence electrons. The van der Waals surface area contributed by atoms with Gasteiger partial charge in [0.1, 0.15) is 11.6 Å². The van der Waals surface area contributed by atoms with Crippen molar-refractivity contribution < 1.29 is 8.78 Å². The summed E-state index contributed by atoms with van der Waals surface area (Å²) in [5.74, 6) is -0.528. The minimum Gasteiger partial charge on any atom is -0.323 e. The molecule has 1 atom stereocenters. The summed E-state index contributed by atoms with van der Waals surface area (Å²) in [6.45, 7) is 0. The molecular formula is C16H12BrF2NS. The maximum Gasteiger partial charge on any atom is 0.126 e. The molecule has 0 amide bonds. The molecule has 1 unspecified atom stereocenters. The lowest BCUT2D eigenvalue weighted by atomic mass is 10.0. The van der Waals surface area contributed by atoms with Crippen LogP contribution in [0, 0.1) is 11.6 Å². The lowest BCUT2D eigenvalue weighted by molar-refractivity contribution is 0.594. The zero-order chi connectivity index (χ0) is 15.0. The van der Waals surface area contributed by atoms with Gasteiger partial charge in [-0.3, -0.25) is 0 Å². The van der Waals surface area contributed by atoms with E-state index in [9.17, 15) is 8.78 Å². The van der Waals surface area contributed by atoms with Crippen molar-refractivity contribution in [3.05, 3.63) is 69.0 Å². The molecule has 3 rings (SSSR count). The van der Waals surface area contributed by atoms with Gasteiger partial charge in [0.25, 0.3) is 0 Å². The zero-order valence-electron chi connectivity index (χ0n) is 10.9. The number of benzene rings is 2. The summed E-state index contributed by atoms with van der Waals surface area (Å²) in [4.78, 5) is 0.926. The van der Waals surface area contributed by atoms with Gasteiger partial charge < -0.3 is 5.73 Å². The van der Waals surface area contributed by atoms with Crippen LogP contribution < -0.4 is 5.73 Å². The van der Waals surface area contributed by atoms with Gasteiger partial charge in [0, 0.05) is 20.1 Å². The van der Waals surface area contributed by atoms with Gasteiger partial charge in [-0.2, -0.15) is 0 Å². The molecule has 0 radical (unpaired) electrons. The molecule has 1 heterocycles. The second kappa shape index (κ2) is 5.83. The lowest BCUT2D eigenvalue weighted by Crippen LogP contribution is -2.12. The van der Waals surface area contributed by atoms with Crippen LogP contribution in [0.15, 0.2) is 46.9 Å². The summed E-state index contributed by atoms with van der Waals surface area (Å²) in [7, 11) is 0. The van der Waals surface area contributed by atoms with Gasteiger partial charge in [0.05, 0.1) is 0 Å². The van der Waals surface area contributed by atoms with Crippen LogP contribution in [0.25, 0.3) is 10.1 Å². The SMILES string of the molecule is NC(Cc1cc(Br)ccc1F)c1cc2cc(F)ccc2s1. The average molecular weight is 368 g/mol. The highest BCUT2D eigenvalue weighted by Crippen LogP contribution is 2.31. The number of thiophene rings is 1. The summed E-state index contributed by atoms with van der Waals surface area (Å²) < 4.78 is 28.8. The number of nitrogens with two attached hydrogens (primary N) is 1. The zero-order valence-corrected chi connectivity index (χ0v) is 13.3. The molecule has 0 aliphatic carbocycles. The summed E-state index contributed by atoms with van der Waals surface area (Å²) in [5, 5.41) is 0.833. The van der Waals surface area contributed by atoms with Crippen LogP contribution in [0.1, 0.15) is 16.5 Å². The van der Waals surface area contributed by atoms with Crippen molar-refractivity contribution in [2.24, 2.45) is 5.73 Å². The maximum atomic E-state index is 13.8. The highest BCUT2D eigenvalue weighted by Gasteiger charge is 2.14. The Bertz CT molecular complexity index is 800. The summed E-state index contributed by atoms with van der Waals surface area (Å²) in [6.07, 6.45) is 0.403. The standard InChI is InChI=1S/C16H12BrF2NS/c17-11-1-3-13(19)9(5-11)7-14(20)16-8-10-6-12(18)2-4-15(10)21-16/h1-6,8,14H,7,20H2. The summed E-state index contributed by atoms with van der Waals surface area (Å²) >= 11 is 4.85. The number of hydrogen-bond acceptors (Lipinski definition) is 2. The van der Waals surface area contributed by atoms with Crippen molar-refractivity contribution in [2.75, 3.05) is 0 Å². The summed E-state index contributed by atoms with van der Waals surface area (Å²) in [5.41, 5.74) is 6.75. The Kier molecular flexibility index (Phi) is 4.06. The normalized spacial score (nSPS) is 12.8. The van der Waals surface area contributed by atoms with Crippen LogP contribution in [-0.4, -0.2) is 0 Å². The lowest BCUT2D eigenvalue weighted by Gasteiger charge is -2.10. The molecule has 0 aliphatic heterocycles. The van der Waals surface area contributed by atoms with Gasteiger partial charge in [0.15, 0.2) is 0 Å². The molecule has 1 aromatic heterocycles. The topological polar surface area (TPSA) is 26.0 Å². The third kappa shape index (κ3) is 3.15. The fraction of sp³-hybridized carbons (Fsp3) is 0.125. The smallest absolute Gasteiger partial charge is 0.126 e. The third-order valence-corrected chi connectivity index (χ3v) is 5.05. The molecule has 0 aliphatic rings. The van der Waals surface area contributed by atoms with Crippen LogP contribution >= 0.6 is 27.3 Å².